The topological polar surface area (TPSA) is 70.7 Å². The summed E-state index contributed by atoms with van der Waals surface area (Å²) in [5.74, 6) is 1.61. The zero-order chi connectivity index (χ0) is 18.2. The van der Waals surface area contributed by atoms with Crippen LogP contribution in [0.2, 0.25) is 0 Å². The number of ether oxygens (including phenoxy) is 2. The first-order valence-corrected chi connectivity index (χ1v) is 9.90. The maximum Gasteiger partial charge on any atom is 0.248 e. The van der Waals surface area contributed by atoms with Gasteiger partial charge in [-0.2, -0.15) is 0 Å². The number of fused-ring (bicyclic) bond motifs is 2. The van der Waals surface area contributed by atoms with Crippen molar-refractivity contribution in [3.63, 3.8) is 0 Å². The second kappa shape index (κ2) is 7.22. The number of nitrogens with one attached hydrogen (secondary N) is 1. The molecule has 2 atom stereocenters. The maximum atomic E-state index is 12.6. The monoisotopic (exact) mass is 370 g/mol. The second-order valence-corrected chi connectivity index (χ2v) is 7.87. The first-order valence-electron chi connectivity index (χ1n) is 9.90. The van der Waals surface area contributed by atoms with Crippen molar-refractivity contribution in [1.29, 1.82) is 0 Å². The molecule has 27 heavy (non-hydrogen) atoms. The summed E-state index contributed by atoms with van der Waals surface area (Å²) >= 11 is 0. The zero-order valence-electron chi connectivity index (χ0n) is 15.5. The number of piperazine rings is 1. The van der Waals surface area contributed by atoms with Crippen LogP contribution in [0.1, 0.15) is 18.7 Å². The Balaban J connectivity index is 1.12. The van der Waals surface area contributed by atoms with Crippen LogP contribution in [-0.4, -0.2) is 77.2 Å². The Bertz CT molecular complexity index is 785. The largest absolute Gasteiger partial charge is 0.378 e. The Morgan fingerprint density at radius 1 is 1.26 bits per heavy atom. The van der Waals surface area contributed by atoms with E-state index in [1.54, 1.807) is 0 Å². The number of nitrogens with zero attached hydrogens (tertiary/aromatic N) is 3. The minimum absolute atomic E-state index is 0.0549. The molecule has 1 amide bonds. The molecule has 3 aliphatic rings. The van der Waals surface area contributed by atoms with E-state index in [2.05, 4.69) is 14.9 Å². The van der Waals surface area contributed by atoms with E-state index >= 15 is 0 Å². The molecule has 7 nitrogen and oxygen atoms in total. The summed E-state index contributed by atoms with van der Waals surface area (Å²) in [4.78, 5) is 24.8. The minimum Gasteiger partial charge on any atom is -0.378 e. The molecule has 0 spiro atoms. The fraction of sp³-hybridized carbons (Fsp3) is 0.600. The van der Waals surface area contributed by atoms with Crippen LogP contribution in [0.3, 0.4) is 0 Å². The molecule has 3 heterocycles. The smallest absolute Gasteiger partial charge is 0.248 e. The molecule has 7 heteroatoms. The van der Waals surface area contributed by atoms with Gasteiger partial charge >= 0.3 is 0 Å². The average molecular weight is 370 g/mol. The molecular formula is C20H26N4O3. The number of hydrogen-bond donors (Lipinski definition) is 1. The Labute approximate surface area is 158 Å². The number of rotatable bonds is 5. The van der Waals surface area contributed by atoms with Crippen molar-refractivity contribution in [2.24, 2.45) is 5.92 Å². The lowest BCUT2D eigenvalue weighted by atomic mass is 10.0. The molecular weight excluding hydrogens is 344 g/mol. The van der Waals surface area contributed by atoms with E-state index in [0.29, 0.717) is 18.7 Å². The molecule has 0 unspecified atom stereocenters. The minimum atomic E-state index is 0.0549. The van der Waals surface area contributed by atoms with E-state index in [-0.39, 0.29) is 12.5 Å². The van der Waals surface area contributed by atoms with Crippen molar-refractivity contribution in [2.75, 3.05) is 39.5 Å². The highest BCUT2D eigenvalue weighted by Gasteiger charge is 2.43. The number of carbonyl (C=O) groups is 1. The van der Waals surface area contributed by atoms with Gasteiger partial charge in [0.25, 0.3) is 0 Å². The van der Waals surface area contributed by atoms with E-state index in [4.69, 9.17) is 9.47 Å². The molecule has 2 aromatic rings. The number of para-hydroxylation sites is 2. The summed E-state index contributed by atoms with van der Waals surface area (Å²) in [5, 5.41) is 0. The number of aromatic amines is 1. The van der Waals surface area contributed by atoms with Crippen LogP contribution in [0.25, 0.3) is 11.0 Å². The van der Waals surface area contributed by atoms with Gasteiger partial charge in [-0.05, 0) is 30.9 Å². The molecule has 3 fully saturated rings. The predicted molar refractivity (Wildman–Crippen MR) is 100 cm³/mol. The summed E-state index contributed by atoms with van der Waals surface area (Å²) in [6.07, 6.45) is 2.66. The Hall–Kier alpha value is -1.96. The van der Waals surface area contributed by atoms with Crippen LogP contribution >= 0.6 is 0 Å². The van der Waals surface area contributed by atoms with Crippen LogP contribution < -0.4 is 0 Å². The highest BCUT2D eigenvalue weighted by atomic mass is 16.5. The van der Waals surface area contributed by atoms with Crippen molar-refractivity contribution in [2.45, 2.75) is 31.5 Å². The third-order valence-corrected chi connectivity index (χ3v) is 5.97. The Kier molecular flexibility index (Phi) is 4.59. The first-order chi connectivity index (χ1) is 13.3. The Morgan fingerprint density at radius 3 is 3.00 bits per heavy atom. The number of amides is 1. The van der Waals surface area contributed by atoms with Crippen molar-refractivity contribution in [1.82, 2.24) is 19.8 Å². The highest BCUT2D eigenvalue weighted by Crippen LogP contribution is 2.38. The van der Waals surface area contributed by atoms with Crippen LogP contribution in [0.15, 0.2) is 24.3 Å². The number of morpholine rings is 1. The lowest BCUT2D eigenvalue weighted by Gasteiger charge is -2.48. The summed E-state index contributed by atoms with van der Waals surface area (Å²) in [6, 6.07) is 8.76. The normalized spacial score (nSPS) is 26.3. The van der Waals surface area contributed by atoms with Crippen LogP contribution in [0.5, 0.6) is 0 Å². The molecule has 0 radical (unpaired) electrons. The molecule has 5 rings (SSSR count). The van der Waals surface area contributed by atoms with Gasteiger partial charge in [-0.15, -0.1) is 0 Å². The van der Waals surface area contributed by atoms with Crippen LogP contribution in [0.4, 0.5) is 0 Å². The first kappa shape index (κ1) is 17.2. The standard InChI is InChI=1S/C20H26N4O3/c25-20(13-27-12-19-21-16-3-1-2-4-17(16)22-19)23-7-8-24-15(9-23)10-26-11-18(24)14-5-6-14/h1-4,14-15,18H,5-13H2,(H,21,22)/t15-,18-/m1/s1. The third-order valence-electron chi connectivity index (χ3n) is 5.97. The molecule has 1 saturated carbocycles. The molecule has 1 aromatic carbocycles. The van der Waals surface area contributed by atoms with E-state index < -0.39 is 0 Å². The van der Waals surface area contributed by atoms with E-state index in [1.165, 1.54) is 12.8 Å². The van der Waals surface area contributed by atoms with Crippen molar-refractivity contribution in [3.8, 4) is 0 Å². The summed E-state index contributed by atoms with van der Waals surface area (Å²) in [5.41, 5.74) is 1.90. The van der Waals surface area contributed by atoms with Gasteiger partial charge in [0.05, 0.1) is 30.3 Å². The molecule has 2 saturated heterocycles. The molecule has 1 aromatic heterocycles. The molecule has 0 bridgehead atoms. The van der Waals surface area contributed by atoms with Gasteiger partial charge < -0.3 is 19.4 Å². The van der Waals surface area contributed by atoms with Gasteiger partial charge in [-0.1, -0.05) is 12.1 Å². The number of imidazole rings is 1. The van der Waals surface area contributed by atoms with Crippen molar-refractivity contribution < 1.29 is 14.3 Å². The van der Waals surface area contributed by atoms with Gasteiger partial charge in [0.2, 0.25) is 5.91 Å². The predicted octanol–water partition coefficient (Wildman–Crippen LogP) is 1.40. The number of carbonyl (C=O) groups excluding carboxylic acids is 1. The molecule has 2 aliphatic heterocycles. The quantitative estimate of drug-likeness (QED) is 0.862. The summed E-state index contributed by atoms with van der Waals surface area (Å²) < 4.78 is 11.5. The lowest BCUT2D eigenvalue weighted by molar-refractivity contribution is -0.145. The van der Waals surface area contributed by atoms with Crippen LogP contribution in [0, 0.1) is 5.92 Å². The van der Waals surface area contributed by atoms with Gasteiger partial charge in [0.1, 0.15) is 19.0 Å². The third kappa shape index (κ3) is 3.59. The summed E-state index contributed by atoms with van der Waals surface area (Å²) in [6.45, 7) is 4.48. The number of hydrogen-bond acceptors (Lipinski definition) is 5. The highest BCUT2D eigenvalue weighted by molar-refractivity contribution is 5.77. The van der Waals surface area contributed by atoms with Gasteiger partial charge in [-0.25, -0.2) is 4.98 Å². The molecule has 144 valence electrons. The Morgan fingerprint density at radius 2 is 2.15 bits per heavy atom. The number of benzene rings is 1. The van der Waals surface area contributed by atoms with E-state index in [9.17, 15) is 4.79 Å². The zero-order valence-corrected chi connectivity index (χ0v) is 15.5. The van der Waals surface area contributed by atoms with Crippen molar-refractivity contribution in [3.05, 3.63) is 30.1 Å². The second-order valence-electron chi connectivity index (χ2n) is 7.87. The molecule has 1 aliphatic carbocycles. The van der Waals surface area contributed by atoms with Crippen molar-refractivity contribution >= 4 is 16.9 Å². The fourth-order valence-electron chi connectivity index (χ4n) is 4.39. The average Bonchev–Trinajstić information content (AvgIpc) is 3.46. The van der Waals surface area contributed by atoms with E-state index in [0.717, 1.165) is 55.6 Å². The number of H-pyrrole nitrogens is 1. The van der Waals surface area contributed by atoms with E-state index in [1.807, 2.05) is 29.2 Å². The molecule has 1 N–H and O–H groups in total. The lowest BCUT2D eigenvalue weighted by Crippen LogP contribution is -2.63. The van der Waals surface area contributed by atoms with Gasteiger partial charge in [-0.3, -0.25) is 9.69 Å². The van der Waals surface area contributed by atoms with Gasteiger partial charge in [0, 0.05) is 25.7 Å². The SMILES string of the molecule is O=C(COCc1nc2ccccc2[nH]1)N1CCN2[C@@H](COC[C@@H]2C2CC2)C1. The van der Waals surface area contributed by atoms with Gasteiger partial charge in [0.15, 0.2) is 0 Å². The number of aromatic nitrogens is 2. The maximum absolute atomic E-state index is 12.6. The van der Waals surface area contributed by atoms with Crippen LogP contribution in [-0.2, 0) is 20.9 Å². The fourth-order valence-corrected chi connectivity index (χ4v) is 4.39. The summed E-state index contributed by atoms with van der Waals surface area (Å²) in [7, 11) is 0.